The van der Waals surface area contributed by atoms with E-state index in [2.05, 4.69) is 97.3 Å². The molecule has 2 aromatic heterocycles. The number of anilines is 2. The Morgan fingerprint density at radius 3 is 2.05 bits per heavy atom. The van der Waals surface area contributed by atoms with Crippen LogP contribution in [0.15, 0.2) is 120 Å². The minimum atomic E-state index is -0.0853. The van der Waals surface area contributed by atoms with Crippen molar-refractivity contribution in [2.75, 3.05) is 11.5 Å². The van der Waals surface area contributed by atoms with Crippen LogP contribution < -0.4 is 11.5 Å². The van der Waals surface area contributed by atoms with Gasteiger partial charge in [-0.1, -0.05) is 56.3 Å². The first-order valence-electron chi connectivity index (χ1n) is 13.9. The molecular formula is C37H29N3O. The third-order valence-corrected chi connectivity index (χ3v) is 8.67. The molecule has 198 valence electrons. The molecule has 1 aliphatic rings. The zero-order valence-corrected chi connectivity index (χ0v) is 23.0. The van der Waals surface area contributed by atoms with Crippen molar-refractivity contribution in [3.63, 3.8) is 0 Å². The van der Waals surface area contributed by atoms with Gasteiger partial charge in [0.25, 0.3) is 0 Å². The molecule has 5 aromatic carbocycles. The number of hydrogen-bond acceptors (Lipinski definition) is 3. The summed E-state index contributed by atoms with van der Waals surface area (Å²) in [6.07, 6.45) is 0. The molecule has 0 amide bonds. The van der Waals surface area contributed by atoms with Gasteiger partial charge in [0.05, 0.1) is 11.2 Å². The summed E-state index contributed by atoms with van der Waals surface area (Å²) in [5, 5.41) is 2.17. The van der Waals surface area contributed by atoms with Crippen LogP contribution in [0.3, 0.4) is 0 Å². The summed E-state index contributed by atoms with van der Waals surface area (Å²) >= 11 is 0. The highest BCUT2D eigenvalue weighted by atomic mass is 16.3. The average molecular weight is 532 g/mol. The van der Waals surface area contributed by atoms with Gasteiger partial charge < -0.3 is 20.5 Å². The van der Waals surface area contributed by atoms with Crippen molar-refractivity contribution >= 4 is 33.2 Å². The van der Waals surface area contributed by atoms with Crippen LogP contribution in [0.4, 0.5) is 11.4 Å². The second-order valence-electron chi connectivity index (χ2n) is 11.6. The van der Waals surface area contributed by atoms with Crippen molar-refractivity contribution in [3.8, 4) is 39.4 Å². The lowest BCUT2D eigenvalue weighted by Gasteiger charge is -2.22. The lowest BCUT2D eigenvalue weighted by molar-refractivity contribution is 0.632. The molecule has 0 fully saturated rings. The highest BCUT2D eigenvalue weighted by Crippen LogP contribution is 2.49. The third kappa shape index (κ3) is 3.54. The van der Waals surface area contributed by atoms with Gasteiger partial charge in [0.15, 0.2) is 0 Å². The highest BCUT2D eigenvalue weighted by Gasteiger charge is 2.35. The monoisotopic (exact) mass is 531 g/mol. The van der Waals surface area contributed by atoms with Crippen molar-refractivity contribution < 1.29 is 4.42 Å². The second-order valence-corrected chi connectivity index (χ2v) is 11.6. The zero-order valence-electron chi connectivity index (χ0n) is 23.0. The minimum Gasteiger partial charge on any atom is -0.456 e. The van der Waals surface area contributed by atoms with Crippen LogP contribution >= 0.6 is 0 Å². The van der Waals surface area contributed by atoms with Gasteiger partial charge in [-0.05, 0) is 101 Å². The normalized spacial score (nSPS) is 13.5. The van der Waals surface area contributed by atoms with E-state index < -0.39 is 0 Å². The third-order valence-electron chi connectivity index (χ3n) is 8.67. The van der Waals surface area contributed by atoms with Crippen LogP contribution in [0.5, 0.6) is 0 Å². The number of aromatic nitrogens is 1. The first-order valence-corrected chi connectivity index (χ1v) is 13.9. The van der Waals surface area contributed by atoms with Gasteiger partial charge in [-0.25, -0.2) is 0 Å². The highest BCUT2D eigenvalue weighted by molar-refractivity contribution is 6.00. The molecule has 0 atom stereocenters. The van der Waals surface area contributed by atoms with Crippen LogP contribution in [0.1, 0.15) is 25.0 Å². The smallest absolute Gasteiger partial charge is 0.135 e. The molecule has 0 bridgehead atoms. The Labute approximate surface area is 238 Å². The number of benzene rings is 5. The van der Waals surface area contributed by atoms with Crippen molar-refractivity contribution in [2.24, 2.45) is 0 Å². The summed E-state index contributed by atoms with van der Waals surface area (Å²) in [5.74, 6) is 0.829. The molecule has 0 aliphatic heterocycles. The quantitative estimate of drug-likeness (QED) is 0.223. The van der Waals surface area contributed by atoms with E-state index in [0.29, 0.717) is 0 Å². The number of nitrogens with zero attached hydrogens (tertiary/aromatic N) is 1. The summed E-state index contributed by atoms with van der Waals surface area (Å²) < 4.78 is 8.71. The van der Waals surface area contributed by atoms with Crippen molar-refractivity contribution in [3.05, 3.63) is 126 Å². The van der Waals surface area contributed by atoms with Crippen molar-refractivity contribution in [1.82, 2.24) is 4.57 Å². The van der Waals surface area contributed by atoms with Gasteiger partial charge in [-0.3, -0.25) is 0 Å². The number of hydrogen-bond donors (Lipinski definition) is 2. The molecule has 1 aliphatic carbocycles. The fourth-order valence-corrected chi connectivity index (χ4v) is 6.51. The molecular weight excluding hydrogens is 502 g/mol. The lowest BCUT2D eigenvalue weighted by atomic mass is 9.82. The molecule has 0 spiro atoms. The maximum Gasteiger partial charge on any atom is 0.135 e. The van der Waals surface area contributed by atoms with E-state index in [-0.39, 0.29) is 5.41 Å². The minimum absolute atomic E-state index is 0.0853. The van der Waals surface area contributed by atoms with E-state index in [9.17, 15) is 0 Å². The van der Waals surface area contributed by atoms with Gasteiger partial charge in [-0.2, -0.15) is 0 Å². The Hall–Kier alpha value is -5.22. The second kappa shape index (κ2) is 8.39. The molecule has 4 heteroatoms. The Morgan fingerprint density at radius 2 is 1.29 bits per heavy atom. The van der Waals surface area contributed by atoms with E-state index in [0.717, 1.165) is 61.5 Å². The van der Waals surface area contributed by atoms with Crippen LogP contribution in [-0.4, -0.2) is 4.57 Å². The standard InChI is InChI=1S/C37H29N3O/c1-37(2)31-6-4-3-5-29(31)30-16-15-28(21-32(30)37)40-33(22-7-11-26(38)12-8-22)17-24-19-36-25(18-34(24)40)20-35(41-36)23-9-13-27(39)14-10-23/h3-21H,38-39H2,1-2H3. The van der Waals surface area contributed by atoms with Gasteiger partial charge in [-0.15, -0.1) is 0 Å². The number of fused-ring (bicyclic) bond motifs is 5. The van der Waals surface area contributed by atoms with Crippen molar-refractivity contribution in [1.29, 1.82) is 0 Å². The fourth-order valence-electron chi connectivity index (χ4n) is 6.51. The lowest BCUT2D eigenvalue weighted by Crippen LogP contribution is -2.15. The maximum absolute atomic E-state index is 6.34. The van der Waals surface area contributed by atoms with Gasteiger partial charge >= 0.3 is 0 Å². The SMILES string of the molecule is CC1(C)c2ccccc2-c2ccc(-n3c(-c4ccc(N)cc4)cc4cc5oc(-c6ccc(N)cc6)cc5cc43)cc21. The molecule has 7 aromatic rings. The average Bonchev–Trinajstić information content (AvgIpc) is 3.63. The van der Waals surface area contributed by atoms with E-state index in [1.807, 2.05) is 36.4 Å². The molecule has 2 heterocycles. The summed E-state index contributed by atoms with van der Waals surface area (Å²) in [6, 6.07) is 40.3. The molecule has 8 rings (SSSR count). The Kier molecular flexibility index (Phi) is 4.84. The van der Waals surface area contributed by atoms with Crippen LogP contribution in [0.25, 0.3) is 61.3 Å². The fraction of sp³-hybridized carbons (Fsp3) is 0.0811. The summed E-state index contributed by atoms with van der Waals surface area (Å²) in [4.78, 5) is 0. The summed E-state index contributed by atoms with van der Waals surface area (Å²) in [7, 11) is 0. The Balaban J connectivity index is 1.36. The van der Waals surface area contributed by atoms with E-state index in [1.54, 1.807) is 0 Å². The topological polar surface area (TPSA) is 70.1 Å². The van der Waals surface area contributed by atoms with Crippen LogP contribution in [0, 0.1) is 0 Å². The number of rotatable bonds is 3. The van der Waals surface area contributed by atoms with Gasteiger partial charge in [0, 0.05) is 38.8 Å². The van der Waals surface area contributed by atoms with E-state index >= 15 is 0 Å². The van der Waals surface area contributed by atoms with Gasteiger partial charge in [0.2, 0.25) is 0 Å². The number of furan rings is 1. The molecule has 0 saturated heterocycles. The van der Waals surface area contributed by atoms with E-state index in [1.165, 1.54) is 22.3 Å². The van der Waals surface area contributed by atoms with Crippen LogP contribution in [-0.2, 0) is 5.41 Å². The van der Waals surface area contributed by atoms with Crippen molar-refractivity contribution in [2.45, 2.75) is 19.3 Å². The zero-order chi connectivity index (χ0) is 27.9. The molecule has 0 unspecified atom stereocenters. The molecule has 4 nitrogen and oxygen atoms in total. The number of nitrogen functional groups attached to an aromatic ring is 2. The first kappa shape index (κ1) is 23.6. The maximum atomic E-state index is 6.34. The predicted molar refractivity (Wildman–Crippen MR) is 170 cm³/mol. The largest absolute Gasteiger partial charge is 0.456 e. The Bertz CT molecular complexity index is 2130. The Morgan fingerprint density at radius 1 is 0.610 bits per heavy atom. The molecule has 0 saturated carbocycles. The molecule has 41 heavy (non-hydrogen) atoms. The van der Waals surface area contributed by atoms with Gasteiger partial charge in [0.1, 0.15) is 11.3 Å². The number of nitrogens with two attached hydrogens (primary N) is 2. The first-order chi connectivity index (χ1) is 19.9. The van der Waals surface area contributed by atoms with E-state index in [4.69, 9.17) is 15.9 Å². The summed E-state index contributed by atoms with van der Waals surface area (Å²) in [6.45, 7) is 4.65. The summed E-state index contributed by atoms with van der Waals surface area (Å²) in [5.41, 5.74) is 25.1. The van der Waals surface area contributed by atoms with Crippen LogP contribution in [0.2, 0.25) is 0 Å². The predicted octanol–water partition coefficient (Wildman–Crippen LogP) is 9.18. The molecule has 0 radical (unpaired) electrons. The molecule has 4 N–H and O–H groups in total.